The molecule has 1 aromatic rings. The fourth-order valence-electron chi connectivity index (χ4n) is 3.28. The number of benzene rings is 1. The number of likely N-dealkylation sites (tertiary alicyclic amines) is 1. The lowest BCUT2D eigenvalue weighted by atomic mass is 9.91. The van der Waals surface area contributed by atoms with E-state index >= 15 is 0 Å². The molecule has 1 saturated heterocycles. The van der Waals surface area contributed by atoms with Gasteiger partial charge in [-0.1, -0.05) is 45.0 Å². The molecule has 0 aliphatic carbocycles. The number of rotatable bonds is 5. The second kappa shape index (κ2) is 8.50. The zero-order valence-corrected chi connectivity index (χ0v) is 16.1. The van der Waals surface area contributed by atoms with Crippen molar-refractivity contribution in [1.82, 2.24) is 10.2 Å². The largest absolute Gasteiger partial charge is 0.353 e. The average Bonchev–Trinajstić information content (AvgIpc) is 2.53. The number of amides is 2. The van der Waals surface area contributed by atoms with Gasteiger partial charge in [-0.25, -0.2) is 0 Å². The molecule has 1 fully saturated rings. The van der Waals surface area contributed by atoms with Crippen LogP contribution < -0.4 is 5.32 Å². The van der Waals surface area contributed by atoms with Crippen molar-refractivity contribution in [2.75, 3.05) is 13.1 Å². The molecule has 0 bridgehead atoms. The quantitative estimate of drug-likeness (QED) is 0.889. The topological polar surface area (TPSA) is 49.4 Å². The Hall–Kier alpha value is -1.84. The molecule has 2 amide bonds. The number of hydrogen-bond donors (Lipinski definition) is 1. The second-order valence-corrected chi connectivity index (χ2v) is 8.39. The summed E-state index contributed by atoms with van der Waals surface area (Å²) in [5, 5.41) is 3.14. The van der Waals surface area contributed by atoms with Crippen molar-refractivity contribution in [3.63, 3.8) is 0 Å². The molecule has 25 heavy (non-hydrogen) atoms. The summed E-state index contributed by atoms with van der Waals surface area (Å²) in [6.45, 7) is 9.85. The Morgan fingerprint density at radius 3 is 2.40 bits per heavy atom. The lowest BCUT2D eigenvalue weighted by molar-refractivity contribution is -0.134. The minimum Gasteiger partial charge on any atom is -0.353 e. The van der Waals surface area contributed by atoms with Crippen LogP contribution in [0.2, 0.25) is 0 Å². The summed E-state index contributed by atoms with van der Waals surface area (Å²) in [6.07, 6.45) is 3.59. The molecular weight excluding hydrogens is 312 g/mol. The monoisotopic (exact) mass is 344 g/mol. The summed E-state index contributed by atoms with van der Waals surface area (Å²) >= 11 is 0. The molecule has 1 aliphatic heterocycles. The van der Waals surface area contributed by atoms with Crippen LogP contribution >= 0.6 is 0 Å². The van der Waals surface area contributed by atoms with Gasteiger partial charge in [-0.15, -0.1) is 0 Å². The standard InChI is InChI=1S/C21H32N2O2/c1-16-7-5-6-8-17(16)9-10-19(24)22-18-11-13-23(14-12-18)20(25)15-21(2,3)4/h5-8,18H,9-15H2,1-4H3,(H,22,24). The minimum atomic E-state index is 0.0255. The number of nitrogens with zero attached hydrogens (tertiary/aromatic N) is 1. The molecule has 1 aliphatic rings. The van der Waals surface area contributed by atoms with Crippen LogP contribution in [0.4, 0.5) is 0 Å². The maximum Gasteiger partial charge on any atom is 0.223 e. The fraction of sp³-hybridized carbons (Fsp3) is 0.619. The average molecular weight is 344 g/mol. The highest BCUT2D eigenvalue weighted by molar-refractivity contribution is 5.77. The molecule has 0 aromatic heterocycles. The van der Waals surface area contributed by atoms with Crippen molar-refractivity contribution in [2.24, 2.45) is 5.41 Å². The third kappa shape index (κ3) is 6.52. The Morgan fingerprint density at radius 2 is 1.80 bits per heavy atom. The summed E-state index contributed by atoms with van der Waals surface area (Å²) in [4.78, 5) is 26.4. The predicted molar refractivity (Wildman–Crippen MR) is 101 cm³/mol. The SMILES string of the molecule is Cc1ccccc1CCC(=O)NC1CCN(C(=O)CC(C)(C)C)CC1. The first-order valence-electron chi connectivity index (χ1n) is 9.36. The van der Waals surface area contributed by atoms with Crippen molar-refractivity contribution in [3.05, 3.63) is 35.4 Å². The van der Waals surface area contributed by atoms with Gasteiger partial charge in [0.15, 0.2) is 0 Å². The van der Waals surface area contributed by atoms with Gasteiger partial charge < -0.3 is 10.2 Å². The number of aryl methyl sites for hydroxylation is 2. The molecule has 0 unspecified atom stereocenters. The second-order valence-electron chi connectivity index (χ2n) is 8.39. The van der Waals surface area contributed by atoms with Gasteiger partial charge in [-0.2, -0.15) is 0 Å². The van der Waals surface area contributed by atoms with E-state index in [2.05, 4.69) is 45.1 Å². The number of hydrogen-bond acceptors (Lipinski definition) is 2. The number of carbonyl (C=O) groups is 2. The van der Waals surface area contributed by atoms with Crippen LogP contribution in [-0.2, 0) is 16.0 Å². The highest BCUT2D eigenvalue weighted by atomic mass is 16.2. The van der Waals surface area contributed by atoms with Crippen molar-refractivity contribution in [3.8, 4) is 0 Å². The van der Waals surface area contributed by atoms with E-state index < -0.39 is 0 Å². The first kappa shape index (κ1) is 19.5. The van der Waals surface area contributed by atoms with Gasteiger partial charge in [-0.3, -0.25) is 9.59 Å². The molecule has 1 aromatic carbocycles. The molecule has 2 rings (SSSR count). The van der Waals surface area contributed by atoms with Crippen molar-refractivity contribution in [2.45, 2.75) is 65.8 Å². The van der Waals surface area contributed by atoms with E-state index in [-0.39, 0.29) is 23.3 Å². The molecule has 138 valence electrons. The van der Waals surface area contributed by atoms with Crippen LogP contribution in [0.3, 0.4) is 0 Å². The van der Waals surface area contributed by atoms with Gasteiger partial charge in [0.2, 0.25) is 11.8 Å². The Morgan fingerprint density at radius 1 is 1.16 bits per heavy atom. The Kier molecular flexibility index (Phi) is 6.63. The first-order valence-corrected chi connectivity index (χ1v) is 9.36. The zero-order valence-electron chi connectivity index (χ0n) is 16.1. The lowest BCUT2D eigenvalue weighted by Crippen LogP contribution is -2.47. The van der Waals surface area contributed by atoms with Crippen LogP contribution in [0.5, 0.6) is 0 Å². The first-order chi connectivity index (χ1) is 11.7. The van der Waals surface area contributed by atoms with Crippen LogP contribution in [0.25, 0.3) is 0 Å². The van der Waals surface area contributed by atoms with E-state index in [1.54, 1.807) is 0 Å². The highest BCUT2D eigenvalue weighted by Crippen LogP contribution is 2.21. The molecule has 1 N–H and O–H groups in total. The molecule has 0 saturated carbocycles. The van der Waals surface area contributed by atoms with Crippen LogP contribution in [-0.4, -0.2) is 35.8 Å². The smallest absolute Gasteiger partial charge is 0.223 e. The summed E-state index contributed by atoms with van der Waals surface area (Å²) in [5.74, 6) is 0.347. The molecular formula is C21H32N2O2. The van der Waals surface area contributed by atoms with E-state index in [0.29, 0.717) is 12.8 Å². The van der Waals surface area contributed by atoms with Gasteiger partial charge in [0.25, 0.3) is 0 Å². The molecule has 4 heteroatoms. The predicted octanol–water partition coefficient (Wildman–Crippen LogP) is 3.47. The summed E-state index contributed by atoms with van der Waals surface area (Å²) in [5.41, 5.74) is 2.50. The molecule has 0 atom stereocenters. The number of piperidine rings is 1. The third-order valence-corrected chi connectivity index (χ3v) is 4.78. The van der Waals surface area contributed by atoms with Crippen LogP contribution in [0, 0.1) is 12.3 Å². The van der Waals surface area contributed by atoms with E-state index in [1.165, 1.54) is 11.1 Å². The summed E-state index contributed by atoms with van der Waals surface area (Å²) in [6, 6.07) is 8.40. The molecule has 0 radical (unpaired) electrons. The maximum atomic E-state index is 12.3. The Bertz CT molecular complexity index is 596. The van der Waals surface area contributed by atoms with Gasteiger partial charge in [0, 0.05) is 32.0 Å². The Labute approximate surface area is 152 Å². The summed E-state index contributed by atoms with van der Waals surface area (Å²) < 4.78 is 0. The maximum absolute atomic E-state index is 12.3. The molecule has 1 heterocycles. The number of carbonyl (C=O) groups excluding carboxylic acids is 2. The van der Waals surface area contributed by atoms with Crippen molar-refractivity contribution >= 4 is 11.8 Å². The van der Waals surface area contributed by atoms with E-state index in [0.717, 1.165) is 32.4 Å². The normalized spacial score (nSPS) is 15.9. The van der Waals surface area contributed by atoms with Gasteiger partial charge in [-0.05, 0) is 42.7 Å². The van der Waals surface area contributed by atoms with E-state index in [9.17, 15) is 9.59 Å². The van der Waals surface area contributed by atoms with Crippen molar-refractivity contribution in [1.29, 1.82) is 0 Å². The van der Waals surface area contributed by atoms with Crippen LogP contribution in [0.15, 0.2) is 24.3 Å². The van der Waals surface area contributed by atoms with E-state index in [4.69, 9.17) is 0 Å². The highest BCUT2D eigenvalue weighted by Gasteiger charge is 2.26. The summed E-state index contributed by atoms with van der Waals surface area (Å²) in [7, 11) is 0. The lowest BCUT2D eigenvalue weighted by Gasteiger charge is -2.34. The minimum absolute atomic E-state index is 0.0255. The van der Waals surface area contributed by atoms with Crippen molar-refractivity contribution < 1.29 is 9.59 Å². The van der Waals surface area contributed by atoms with Gasteiger partial charge in [0.1, 0.15) is 0 Å². The fourth-order valence-corrected chi connectivity index (χ4v) is 3.28. The van der Waals surface area contributed by atoms with Gasteiger partial charge >= 0.3 is 0 Å². The van der Waals surface area contributed by atoms with Crippen LogP contribution in [0.1, 0.15) is 57.6 Å². The molecule has 4 nitrogen and oxygen atoms in total. The zero-order chi connectivity index (χ0) is 18.4. The van der Waals surface area contributed by atoms with Gasteiger partial charge in [0.05, 0.1) is 0 Å². The molecule has 0 spiro atoms. The number of nitrogens with one attached hydrogen (secondary N) is 1. The third-order valence-electron chi connectivity index (χ3n) is 4.78. The Balaban J connectivity index is 1.72. The van der Waals surface area contributed by atoms with E-state index in [1.807, 2.05) is 17.0 Å².